The minimum atomic E-state index is -1.00. The number of carbonyl (C=O) groups excluding carboxylic acids is 1. The van der Waals surface area contributed by atoms with Gasteiger partial charge in [-0.15, -0.1) is 0 Å². The van der Waals surface area contributed by atoms with Crippen LogP contribution >= 0.6 is 0 Å². The first-order valence-corrected chi connectivity index (χ1v) is 13.4. The normalized spacial score (nSPS) is 17.1. The van der Waals surface area contributed by atoms with Crippen LogP contribution in [0.2, 0.25) is 7.36 Å². The quantitative estimate of drug-likeness (QED) is 0.211. The van der Waals surface area contributed by atoms with Gasteiger partial charge in [0.1, 0.15) is 0 Å². The van der Waals surface area contributed by atoms with Crippen molar-refractivity contribution in [2.45, 2.75) is 92.3 Å². The average molecular weight is 467 g/mol. The topological polar surface area (TPSA) is 26.3 Å². The number of hydrogen-bond acceptors (Lipinski definition) is 2. The number of hydrogen-bond donors (Lipinski definition) is 0. The zero-order chi connectivity index (χ0) is 19.0. The van der Waals surface area contributed by atoms with Crippen LogP contribution in [-0.2, 0) is 11.2 Å². The van der Waals surface area contributed by atoms with Gasteiger partial charge in [0, 0.05) is 0 Å². The first kappa shape index (κ1) is 21.7. The third-order valence-electron chi connectivity index (χ3n) is 5.46. The summed E-state index contributed by atoms with van der Waals surface area (Å²) in [5, 5.41) is 0. The Kier molecular flexibility index (Phi) is 8.92. The van der Waals surface area contributed by atoms with Crippen molar-refractivity contribution in [3.63, 3.8) is 0 Å². The van der Waals surface area contributed by atoms with Crippen LogP contribution < -0.4 is 4.74 Å². The first-order chi connectivity index (χ1) is 12.5. The molecule has 0 bridgehead atoms. The molecular formula is C22H33FO2Sn. The van der Waals surface area contributed by atoms with Crippen LogP contribution in [0.1, 0.15) is 84.1 Å². The molecule has 1 aromatic rings. The van der Waals surface area contributed by atoms with Crippen molar-refractivity contribution in [3.8, 4) is 5.75 Å². The summed E-state index contributed by atoms with van der Waals surface area (Å²) in [5.74, 6) is 0.00800. The molecule has 1 heterocycles. The maximum atomic E-state index is 13.4. The van der Waals surface area contributed by atoms with Crippen LogP contribution in [0.5, 0.6) is 5.75 Å². The molecule has 1 atom stereocenters. The van der Waals surface area contributed by atoms with Gasteiger partial charge in [-0.2, -0.15) is 0 Å². The van der Waals surface area contributed by atoms with E-state index in [1.165, 1.54) is 69.9 Å². The molecule has 0 aromatic heterocycles. The summed E-state index contributed by atoms with van der Waals surface area (Å²) in [5.41, 5.74) is 1.01. The molecule has 1 aliphatic heterocycles. The molecule has 1 unspecified atom stereocenters. The summed E-state index contributed by atoms with van der Waals surface area (Å²) in [6.07, 6.45) is 12.0. The van der Waals surface area contributed by atoms with Gasteiger partial charge < -0.3 is 0 Å². The molecule has 2 nitrogen and oxygen atoms in total. The average Bonchev–Trinajstić information content (AvgIpc) is 2.63. The molecular weight excluding hydrogens is 434 g/mol. The molecule has 1 aliphatic rings. The molecule has 1 aromatic carbocycles. The van der Waals surface area contributed by atoms with Crippen molar-refractivity contribution in [1.82, 2.24) is 0 Å². The van der Waals surface area contributed by atoms with Crippen LogP contribution in [0.25, 0.3) is 0 Å². The summed E-state index contributed by atoms with van der Waals surface area (Å²) in [6, 6.07) is 4.64. The predicted molar refractivity (Wildman–Crippen MR) is 107 cm³/mol. The third-order valence-corrected chi connectivity index (χ3v) is 11.6. The van der Waals surface area contributed by atoms with E-state index >= 15 is 0 Å². The summed E-state index contributed by atoms with van der Waals surface area (Å²) in [4.78, 5) is 12.7. The molecule has 0 fully saturated rings. The molecule has 0 amide bonds. The number of halogens is 1. The first-order valence-electron chi connectivity index (χ1n) is 10.3. The van der Waals surface area contributed by atoms with Crippen molar-refractivity contribution >= 4 is 27.1 Å². The molecule has 0 saturated heterocycles. The van der Waals surface area contributed by atoms with Gasteiger partial charge in [-0.05, 0) is 0 Å². The minimum absolute atomic E-state index is 0.0714. The van der Waals surface area contributed by atoms with Crippen molar-refractivity contribution in [2.75, 3.05) is 0 Å². The summed E-state index contributed by atoms with van der Waals surface area (Å²) >= 11 is -1.00. The number of fused-ring (bicyclic) bond motifs is 1. The predicted octanol–water partition coefficient (Wildman–Crippen LogP) is 6.51. The third kappa shape index (κ3) is 5.97. The van der Waals surface area contributed by atoms with E-state index in [1.807, 2.05) is 0 Å². The van der Waals surface area contributed by atoms with E-state index in [0.717, 1.165) is 12.0 Å². The second kappa shape index (κ2) is 10.7. The zero-order valence-electron chi connectivity index (χ0n) is 16.6. The van der Waals surface area contributed by atoms with Gasteiger partial charge in [0.15, 0.2) is 0 Å². The van der Waals surface area contributed by atoms with Crippen LogP contribution in [0.15, 0.2) is 18.2 Å². The van der Waals surface area contributed by atoms with Crippen molar-refractivity contribution in [3.05, 3.63) is 29.6 Å². The molecule has 4 heteroatoms. The fourth-order valence-electron chi connectivity index (χ4n) is 3.89. The fraction of sp³-hybridized carbons (Fsp3) is 0.682. The van der Waals surface area contributed by atoms with E-state index in [-0.39, 0.29) is 15.7 Å². The molecule has 0 saturated carbocycles. The van der Waals surface area contributed by atoms with E-state index in [9.17, 15) is 9.18 Å². The van der Waals surface area contributed by atoms with E-state index in [4.69, 9.17) is 4.74 Å². The summed E-state index contributed by atoms with van der Waals surface area (Å²) in [7, 11) is 0. The van der Waals surface area contributed by atoms with Crippen molar-refractivity contribution < 1.29 is 13.9 Å². The summed E-state index contributed by atoms with van der Waals surface area (Å²) < 4.78 is 19.5. The Hall–Kier alpha value is -0.581. The molecule has 0 aliphatic carbocycles. The maximum absolute atomic E-state index is 13.4. The van der Waals surface area contributed by atoms with Crippen LogP contribution in [0.4, 0.5) is 4.39 Å². The van der Waals surface area contributed by atoms with Gasteiger partial charge in [-0.3, -0.25) is 0 Å². The monoisotopic (exact) mass is 468 g/mol. The fourth-order valence-corrected chi connectivity index (χ4v) is 10.2. The van der Waals surface area contributed by atoms with Crippen molar-refractivity contribution in [2.24, 2.45) is 0 Å². The van der Waals surface area contributed by atoms with E-state index in [0.29, 0.717) is 9.18 Å². The van der Waals surface area contributed by atoms with Crippen LogP contribution in [0, 0.1) is 5.82 Å². The second-order valence-corrected chi connectivity index (χ2v) is 13.5. The molecule has 144 valence electrons. The Bertz CT molecular complexity index is 566. The molecule has 26 heavy (non-hydrogen) atoms. The number of unbranched alkanes of at least 4 members (excludes halogenated alkanes) is 3. The Balaban J connectivity index is 2.19. The second-order valence-electron chi connectivity index (χ2n) is 7.67. The Morgan fingerprint density at radius 1 is 1.08 bits per heavy atom. The van der Waals surface area contributed by atoms with Gasteiger partial charge in [-0.25, -0.2) is 0 Å². The van der Waals surface area contributed by atoms with E-state index in [1.54, 1.807) is 6.07 Å². The van der Waals surface area contributed by atoms with Gasteiger partial charge >= 0.3 is 169 Å². The van der Waals surface area contributed by atoms with Gasteiger partial charge in [-0.1, -0.05) is 0 Å². The molecule has 0 N–H and O–H groups in total. The van der Waals surface area contributed by atoms with E-state index in [2.05, 4.69) is 20.8 Å². The van der Waals surface area contributed by atoms with Gasteiger partial charge in [0.2, 0.25) is 0 Å². The number of carbonyl (C=O) groups is 1. The summed E-state index contributed by atoms with van der Waals surface area (Å²) in [6.45, 7) is 6.78. The Labute approximate surface area is 168 Å². The van der Waals surface area contributed by atoms with E-state index < -0.39 is 21.1 Å². The number of benzene rings is 1. The van der Waals surface area contributed by atoms with Crippen LogP contribution in [0.3, 0.4) is 0 Å². The Morgan fingerprint density at radius 2 is 1.65 bits per heavy atom. The number of ether oxygens (including phenoxy) is 1. The number of esters is 1. The molecule has 0 spiro atoms. The van der Waals surface area contributed by atoms with Gasteiger partial charge in [0.25, 0.3) is 0 Å². The SMILES string of the molecule is CCCC[C](CCCC)(CCCC)[Sn][CH]1Cc2ccc(F)cc2OC1=O. The number of rotatable bonds is 11. The molecule has 2 radical (unpaired) electrons. The Morgan fingerprint density at radius 3 is 2.19 bits per heavy atom. The standard InChI is InChI=1S/C13H27.C9H6FO2.Sn/c1-4-7-10-13(11-8-5-2)12-9-6-3;10-7-3-1-6-2-4-9(11)12-8(6)5-7;/h4-12H2,1-3H3;1,3-5H,2H2;. The van der Waals surface area contributed by atoms with Gasteiger partial charge in [0.05, 0.1) is 0 Å². The van der Waals surface area contributed by atoms with Crippen molar-refractivity contribution in [1.29, 1.82) is 0 Å². The van der Waals surface area contributed by atoms with Crippen LogP contribution in [-0.4, -0.2) is 27.1 Å². The molecule has 2 rings (SSSR count). The zero-order valence-corrected chi connectivity index (χ0v) is 19.4.